The van der Waals surface area contributed by atoms with Crippen molar-refractivity contribution in [2.45, 2.75) is 43.8 Å². The minimum Gasteiger partial charge on any atom is -0.494 e. The van der Waals surface area contributed by atoms with Gasteiger partial charge in [-0.3, -0.25) is 4.79 Å². The van der Waals surface area contributed by atoms with E-state index in [2.05, 4.69) is 10.6 Å². The number of alkyl halides is 3. The highest BCUT2D eigenvalue weighted by Crippen LogP contribution is 2.41. The van der Waals surface area contributed by atoms with Crippen molar-refractivity contribution in [3.8, 4) is 5.75 Å². The molecule has 0 saturated heterocycles. The lowest BCUT2D eigenvalue weighted by molar-refractivity contribution is -0.137. The average molecular weight is 691 g/mol. The monoisotopic (exact) mass is 690 g/mol. The van der Waals surface area contributed by atoms with E-state index in [1.807, 2.05) is 109 Å². The van der Waals surface area contributed by atoms with Crippen LogP contribution < -0.4 is 15.4 Å². The fourth-order valence-corrected chi connectivity index (χ4v) is 6.97. The number of thiophene rings is 1. The summed E-state index contributed by atoms with van der Waals surface area (Å²) in [6.45, 7) is 3.49. The third-order valence-electron chi connectivity index (χ3n) is 8.33. The first-order chi connectivity index (χ1) is 23.2. The lowest BCUT2D eigenvalue weighted by atomic mass is 9.70. The van der Waals surface area contributed by atoms with Crippen molar-refractivity contribution in [1.29, 1.82) is 0 Å². The van der Waals surface area contributed by atoms with Gasteiger partial charge in [0.2, 0.25) is 5.91 Å². The van der Waals surface area contributed by atoms with Gasteiger partial charge in [0.15, 0.2) is 0 Å². The zero-order valence-electron chi connectivity index (χ0n) is 26.6. The Morgan fingerprint density at radius 1 is 0.875 bits per heavy atom. The van der Waals surface area contributed by atoms with E-state index in [1.165, 1.54) is 6.07 Å². The number of carbonyl (C=O) groups excluding carboxylic acids is 1. The molecule has 0 aliphatic rings. The van der Waals surface area contributed by atoms with E-state index >= 15 is 0 Å². The van der Waals surface area contributed by atoms with Crippen molar-refractivity contribution in [2.24, 2.45) is 0 Å². The van der Waals surface area contributed by atoms with E-state index in [1.54, 1.807) is 17.4 Å². The van der Waals surface area contributed by atoms with Gasteiger partial charge in [-0.15, -0.1) is 11.3 Å². The van der Waals surface area contributed by atoms with Crippen LogP contribution in [0.15, 0.2) is 121 Å². The van der Waals surface area contributed by atoms with E-state index in [9.17, 15) is 18.0 Å². The predicted octanol–water partition coefficient (Wildman–Crippen LogP) is 9.43. The van der Waals surface area contributed by atoms with Crippen LogP contribution in [0.25, 0.3) is 0 Å². The molecule has 2 N–H and O–H groups in total. The molecule has 0 radical (unpaired) electrons. The molecule has 0 saturated carbocycles. The third kappa shape index (κ3) is 9.07. The van der Waals surface area contributed by atoms with Crippen molar-refractivity contribution in [3.05, 3.63) is 158 Å². The molecule has 4 nitrogen and oxygen atoms in total. The fourth-order valence-electron chi connectivity index (χ4n) is 5.93. The minimum absolute atomic E-state index is 0.0472. The summed E-state index contributed by atoms with van der Waals surface area (Å²) in [6, 6.07) is 35.2. The van der Waals surface area contributed by atoms with Gasteiger partial charge in [-0.25, -0.2) is 0 Å². The lowest BCUT2D eigenvalue weighted by Crippen LogP contribution is -2.42. The van der Waals surface area contributed by atoms with E-state index < -0.39 is 17.2 Å². The van der Waals surface area contributed by atoms with Crippen LogP contribution in [0.5, 0.6) is 5.75 Å². The number of amides is 1. The summed E-state index contributed by atoms with van der Waals surface area (Å²) >= 11 is 8.05. The molecule has 1 heterocycles. The number of benzene rings is 4. The van der Waals surface area contributed by atoms with E-state index in [0.717, 1.165) is 27.6 Å². The number of hydrogen-bond donors (Lipinski definition) is 2. The van der Waals surface area contributed by atoms with Gasteiger partial charge < -0.3 is 15.4 Å². The third-order valence-corrected chi connectivity index (χ3v) is 9.83. The second-order valence-electron chi connectivity index (χ2n) is 11.8. The number of rotatable bonds is 15. The number of carbonyl (C=O) groups is 1. The van der Waals surface area contributed by atoms with E-state index in [-0.39, 0.29) is 29.8 Å². The molecule has 1 unspecified atom stereocenters. The Labute approximate surface area is 288 Å². The van der Waals surface area contributed by atoms with Crippen LogP contribution >= 0.6 is 22.9 Å². The van der Waals surface area contributed by atoms with Gasteiger partial charge in [-0.1, -0.05) is 103 Å². The SMILES string of the molecule is CC(NC(=O)Cc1cccc(OCCCNCC(Cc2cccc(C(F)(F)F)c2Cl)(c2ccccc2)c2ccccc2)c1)c1cccs1. The number of ether oxygens (including phenoxy) is 1. The van der Waals surface area contributed by atoms with Gasteiger partial charge in [0.05, 0.1) is 29.7 Å². The quantitative estimate of drug-likeness (QED) is 0.108. The average Bonchev–Trinajstić information content (AvgIpc) is 3.63. The van der Waals surface area contributed by atoms with Crippen LogP contribution in [0.2, 0.25) is 5.02 Å². The minimum atomic E-state index is -4.55. The summed E-state index contributed by atoms with van der Waals surface area (Å²) < 4.78 is 47.4. The molecule has 1 atom stereocenters. The highest BCUT2D eigenvalue weighted by molar-refractivity contribution is 7.10. The topological polar surface area (TPSA) is 50.4 Å². The standard InChI is InChI=1S/C39H38ClF3N2O2S/c1-28(35-20-10-23-48-35)45-36(46)25-29-12-8-18-33(24-29)47-22-11-21-44-27-38(31-14-4-2-5-15-31,32-16-6-3-7-17-32)26-30-13-9-19-34(37(30)40)39(41,42)43/h2-10,12-20,23-24,28,44H,11,21-22,25-27H2,1H3,(H,45,46). The van der Waals surface area contributed by atoms with Crippen LogP contribution in [0.1, 0.15) is 52.1 Å². The normalized spacial score (nSPS) is 12.4. The molecule has 0 aliphatic heterocycles. The fraction of sp³-hybridized carbons (Fsp3) is 0.256. The second kappa shape index (κ2) is 16.3. The molecular formula is C39H38ClF3N2O2S. The van der Waals surface area contributed by atoms with Gasteiger partial charge in [-0.2, -0.15) is 13.2 Å². The molecule has 48 heavy (non-hydrogen) atoms. The molecule has 1 amide bonds. The molecule has 250 valence electrons. The maximum atomic E-state index is 13.8. The first-order valence-electron chi connectivity index (χ1n) is 15.9. The van der Waals surface area contributed by atoms with Crippen molar-refractivity contribution in [2.75, 3.05) is 19.7 Å². The van der Waals surface area contributed by atoms with Crippen LogP contribution in [0, 0.1) is 0 Å². The van der Waals surface area contributed by atoms with Crippen LogP contribution in [0.4, 0.5) is 13.2 Å². The first-order valence-corrected chi connectivity index (χ1v) is 17.1. The van der Waals surface area contributed by atoms with Crippen molar-refractivity contribution < 1.29 is 22.7 Å². The molecule has 5 aromatic rings. The molecule has 0 bridgehead atoms. The van der Waals surface area contributed by atoms with E-state index in [4.69, 9.17) is 16.3 Å². The van der Waals surface area contributed by atoms with Crippen LogP contribution in [-0.2, 0) is 29.2 Å². The molecular weight excluding hydrogens is 653 g/mol. The largest absolute Gasteiger partial charge is 0.494 e. The zero-order valence-corrected chi connectivity index (χ0v) is 28.2. The lowest BCUT2D eigenvalue weighted by Gasteiger charge is -2.36. The first kappa shape index (κ1) is 35.2. The maximum Gasteiger partial charge on any atom is 0.417 e. The number of halogens is 4. The van der Waals surface area contributed by atoms with Crippen molar-refractivity contribution in [3.63, 3.8) is 0 Å². The Bertz CT molecular complexity index is 1710. The Balaban J connectivity index is 1.24. The summed E-state index contributed by atoms with van der Waals surface area (Å²) in [4.78, 5) is 13.7. The molecule has 5 rings (SSSR count). The van der Waals surface area contributed by atoms with Crippen LogP contribution in [-0.4, -0.2) is 25.6 Å². The molecule has 0 aliphatic carbocycles. The molecule has 0 fully saturated rings. The highest BCUT2D eigenvalue weighted by Gasteiger charge is 2.38. The smallest absolute Gasteiger partial charge is 0.417 e. The maximum absolute atomic E-state index is 13.8. The summed E-state index contributed by atoms with van der Waals surface area (Å²) in [7, 11) is 0. The predicted molar refractivity (Wildman–Crippen MR) is 188 cm³/mol. The van der Waals surface area contributed by atoms with Gasteiger partial charge in [0, 0.05) is 16.8 Å². The molecule has 4 aromatic carbocycles. The van der Waals surface area contributed by atoms with Crippen molar-refractivity contribution >= 4 is 28.8 Å². The van der Waals surface area contributed by atoms with E-state index in [0.29, 0.717) is 37.4 Å². The summed E-state index contributed by atoms with van der Waals surface area (Å²) in [5.74, 6) is 0.637. The molecule has 9 heteroatoms. The van der Waals surface area contributed by atoms with Crippen LogP contribution in [0.3, 0.4) is 0 Å². The summed E-state index contributed by atoms with van der Waals surface area (Å²) in [5.41, 5.74) is 1.70. The van der Waals surface area contributed by atoms with Gasteiger partial charge >= 0.3 is 6.18 Å². The highest BCUT2D eigenvalue weighted by atomic mass is 35.5. The Hall–Kier alpha value is -4.11. The second-order valence-corrected chi connectivity index (χ2v) is 13.1. The van der Waals surface area contributed by atoms with Crippen molar-refractivity contribution in [1.82, 2.24) is 10.6 Å². The molecule has 1 aromatic heterocycles. The number of nitrogens with one attached hydrogen (secondary N) is 2. The number of hydrogen-bond acceptors (Lipinski definition) is 4. The van der Waals surface area contributed by atoms with Gasteiger partial charge in [0.1, 0.15) is 5.75 Å². The Morgan fingerprint density at radius 2 is 1.56 bits per heavy atom. The summed E-state index contributed by atoms with van der Waals surface area (Å²) in [6.07, 6.45) is -3.35. The van der Waals surface area contributed by atoms with Gasteiger partial charge in [0.25, 0.3) is 0 Å². The molecule has 0 spiro atoms. The Kier molecular flexibility index (Phi) is 12.0. The summed E-state index contributed by atoms with van der Waals surface area (Å²) in [5, 5.41) is 8.33. The zero-order chi connectivity index (χ0) is 34.0. The van der Waals surface area contributed by atoms with Gasteiger partial charge in [-0.05, 0) is 78.2 Å². The Morgan fingerprint density at radius 3 is 2.21 bits per heavy atom.